The lowest BCUT2D eigenvalue weighted by Crippen LogP contribution is -2.41. The van der Waals surface area contributed by atoms with Gasteiger partial charge in [0.1, 0.15) is 5.01 Å². The second kappa shape index (κ2) is 4.36. The van der Waals surface area contributed by atoms with Gasteiger partial charge in [0.15, 0.2) is 5.82 Å². The maximum atomic E-state index is 5.96. The summed E-state index contributed by atoms with van der Waals surface area (Å²) in [6.45, 7) is 0.664. The van der Waals surface area contributed by atoms with Gasteiger partial charge in [0, 0.05) is 17.5 Å². The molecule has 0 bridgehead atoms. The molecule has 6 heteroatoms. The molecule has 0 atom stereocenters. The number of fused-ring (bicyclic) bond motifs is 1. The molecule has 4 rings (SSSR count). The zero-order valence-electron chi connectivity index (χ0n) is 11.0. The SMILES string of the molecule is NCC1(c2nn3c(-c4ccccc4)nnc3s2)CCC1. The van der Waals surface area contributed by atoms with Crippen molar-refractivity contribution in [3.63, 3.8) is 0 Å². The van der Waals surface area contributed by atoms with E-state index in [2.05, 4.69) is 10.2 Å². The summed E-state index contributed by atoms with van der Waals surface area (Å²) in [6.07, 6.45) is 3.51. The first kappa shape index (κ1) is 12.0. The highest BCUT2D eigenvalue weighted by atomic mass is 32.1. The molecule has 2 aromatic heterocycles. The van der Waals surface area contributed by atoms with Gasteiger partial charge in [-0.1, -0.05) is 48.1 Å². The maximum Gasteiger partial charge on any atom is 0.234 e. The number of aromatic nitrogens is 4. The van der Waals surface area contributed by atoms with E-state index in [0.717, 1.165) is 34.2 Å². The predicted molar refractivity (Wildman–Crippen MR) is 78.7 cm³/mol. The van der Waals surface area contributed by atoms with Gasteiger partial charge in [-0.3, -0.25) is 0 Å². The Balaban J connectivity index is 1.83. The van der Waals surface area contributed by atoms with E-state index in [9.17, 15) is 0 Å². The van der Waals surface area contributed by atoms with Gasteiger partial charge in [-0.25, -0.2) is 0 Å². The first-order valence-corrected chi connectivity index (χ1v) is 7.62. The molecule has 1 saturated carbocycles. The van der Waals surface area contributed by atoms with Crippen LogP contribution in [0.4, 0.5) is 0 Å². The minimum Gasteiger partial charge on any atom is -0.329 e. The fourth-order valence-corrected chi connectivity index (χ4v) is 3.80. The molecule has 102 valence electrons. The van der Waals surface area contributed by atoms with Gasteiger partial charge in [0.25, 0.3) is 0 Å². The monoisotopic (exact) mass is 285 g/mol. The molecule has 2 N–H and O–H groups in total. The Bertz CT molecular complexity index is 736. The average Bonchev–Trinajstić information content (AvgIpc) is 2.99. The molecule has 0 spiro atoms. The van der Waals surface area contributed by atoms with Crippen LogP contribution in [0.2, 0.25) is 0 Å². The zero-order chi connectivity index (χ0) is 13.6. The number of rotatable bonds is 3. The Morgan fingerprint density at radius 2 is 2.00 bits per heavy atom. The summed E-state index contributed by atoms with van der Waals surface area (Å²) < 4.78 is 1.85. The Morgan fingerprint density at radius 1 is 1.20 bits per heavy atom. The lowest BCUT2D eigenvalue weighted by atomic mass is 9.69. The van der Waals surface area contributed by atoms with Crippen LogP contribution in [0.15, 0.2) is 30.3 Å². The van der Waals surface area contributed by atoms with Crippen molar-refractivity contribution in [2.45, 2.75) is 24.7 Å². The van der Waals surface area contributed by atoms with E-state index in [1.807, 2.05) is 34.8 Å². The number of hydrogen-bond acceptors (Lipinski definition) is 5. The molecule has 1 fully saturated rings. The first-order chi connectivity index (χ1) is 9.82. The highest BCUT2D eigenvalue weighted by Gasteiger charge is 2.41. The van der Waals surface area contributed by atoms with E-state index in [4.69, 9.17) is 10.8 Å². The Morgan fingerprint density at radius 3 is 2.65 bits per heavy atom. The molecular formula is C14H15N5S. The zero-order valence-corrected chi connectivity index (χ0v) is 11.8. The van der Waals surface area contributed by atoms with E-state index in [1.165, 1.54) is 6.42 Å². The fraction of sp³-hybridized carbons (Fsp3) is 0.357. The Labute approximate surface area is 120 Å². The number of nitrogens with two attached hydrogens (primary N) is 1. The largest absolute Gasteiger partial charge is 0.329 e. The minimum atomic E-state index is 0.0827. The molecule has 1 aliphatic carbocycles. The van der Waals surface area contributed by atoms with Crippen LogP contribution in [0.5, 0.6) is 0 Å². The standard InChI is InChI=1S/C14H15N5S/c15-9-14(7-4-8-14)12-18-19-11(16-17-13(19)20-12)10-5-2-1-3-6-10/h1-3,5-6H,4,7-9,15H2. The van der Waals surface area contributed by atoms with Crippen LogP contribution in [0.25, 0.3) is 16.3 Å². The second-order valence-corrected chi connectivity index (χ2v) is 6.29. The molecule has 5 nitrogen and oxygen atoms in total. The highest BCUT2D eigenvalue weighted by molar-refractivity contribution is 7.16. The van der Waals surface area contributed by atoms with Crippen LogP contribution < -0.4 is 5.73 Å². The van der Waals surface area contributed by atoms with Crippen molar-refractivity contribution in [2.75, 3.05) is 6.54 Å². The van der Waals surface area contributed by atoms with Crippen LogP contribution in [0.1, 0.15) is 24.3 Å². The van der Waals surface area contributed by atoms with E-state index in [1.54, 1.807) is 11.3 Å². The molecule has 0 saturated heterocycles. The molecule has 20 heavy (non-hydrogen) atoms. The van der Waals surface area contributed by atoms with Crippen molar-refractivity contribution in [1.82, 2.24) is 19.8 Å². The third-order valence-electron chi connectivity index (χ3n) is 4.18. The van der Waals surface area contributed by atoms with Crippen LogP contribution in [0, 0.1) is 0 Å². The van der Waals surface area contributed by atoms with Crippen molar-refractivity contribution in [2.24, 2.45) is 5.73 Å². The summed E-state index contributed by atoms with van der Waals surface area (Å²) in [6, 6.07) is 10.0. The Hall–Kier alpha value is -1.79. The van der Waals surface area contributed by atoms with E-state index in [0.29, 0.717) is 6.54 Å². The van der Waals surface area contributed by atoms with Gasteiger partial charge in [0.2, 0.25) is 4.96 Å². The third kappa shape index (κ3) is 1.61. The van der Waals surface area contributed by atoms with Gasteiger partial charge in [-0.05, 0) is 12.8 Å². The molecule has 0 amide bonds. The van der Waals surface area contributed by atoms with Crippen LogP contribution in [0.3, 0.4) is 0 Å². The highest BCUT2D eigenvalue weighted by Crippen LogP contribution is 2.44. The maximum absolute atomic E-state index is 5.96. The first-order valence-electron chi connectivity index (χ1n) is 6.81. The topological polar surface area (TPSA) is 69.1 Å². The van der Waals surface area contributed by atoms with E-state index < -0.39 is 0 Å². The molecule has 2 heterocycles. The van der Waals surface area contributed by atoms with E-state index >= 15 is 0 Å². The van der Waals surface area contributed by atoms with Gasteiger partial charge in [0.05, 0.1) is 0 Å². The van der Waals surface area contributed by atoms with Crippen molar-refractivity contribution in [3.05, 3.63) is 35.3 Å². The summed E-state index contributed by atoms with van der Waals surface area (Å²) in [5.74, 6) is 0.801. The normalized spacial score (nSPS) is 17.2. The van der Waals surface area contributed by atoms with Crippen molar-refractivity contribution in [3.8, 4) is 11.4 Å². The number of nitrogens with zero attached hydrogens (tertiary/aromatic N) is 4. The van der Waals surface area contributed by atoms with Crippen molar-refractivity contribution in [1.29, 1.82) is 0 Å². The van der Waals surface area contributed by atoms with Crippen molar-refractivity contribution < 1.29 is 0 Å². The summed E-state index contributed by atoms with van der Waals surface area (Å²) in [5.41, 5.74) is 7.08. The summed E-state index contributed by atoms with van der Waals surface area (Å²) in [7, 11) is 0. The second-order valence-electron chi connectivity index (χ2n) is 5.33. The predicted octanol–water partition coefficient (Wildman–Crippen LogP) is 2.23. The van der Waals surface area contributed by atoms with Crippen LogP contribution >= 0.6 is 11.3 Å². The molecule has 0 radical (unpaired) electrons. The molecule has 0 aliphatic heterocycles. The molecule has 1 aromatic carbocycles. The number of hydrogen-bond donors (Lipinski definition) is 1. The van der Waals surface area contributed by atoms with Gasteiger partial charge in [-0.15, -0.1) is 10.2 Å². The lowest BCUT2D eigenvalue weighted by Gasteiger charge is -2.38. The molecule has 3 aromatic rings. The van der Waals surface area contributed by atoms with Gasteiger partial charge in [-0.2, -0.15) is 9.61 Å². The lowest BCUT2D eigenvalue weighted by molar-refractivity contribution is 0.250. The summed E-state index contributed by atoms with van der Waals surface area (Å²) >= 11 is 1.62. The van der Waals surface area contributed by atoms with Crippen molar-refractivity contribution >= 4 is 16.3 Å². The Kier molecular flexibility index (Phi) is 2.61. The number of benzene rings is 1. The van der Waals surface area contributed by atoms with Crippen LogP contribution in [-0.4, -0.2) is 26.4 Å². The van der Waals surface area contributed by atoms with Gasteiger partial charge < -0.3 is 5.73 Å². The quantitative estimate of drug-likeness (QED) is 0.801. The molecule has 0 unspecified atom stereocenters. The fourth-order valence-electron chi connectivity index (χ4n) is 2.71. The summed E-state index contributed by atoms with van der Waals surface area (Å²) in [4.78, 5) is 0.846. The van der Waals surface area contributed by atoms with Crippen LogP contribution in [-0.2, 0) is 5.41 Å². The minimum absolute atomic E-state index is 0.0827. The smallest absolute Gasteiger partial charge is 0.234 e. The summed E-state index contributed by atoms with van der Waals surface area (Å²) in [5, 5.41) is 14.3. The molecule has 1 aliphatic rings. The van der Waals surface area contributed by atoms with E-state index in [-0.39, 0.29) is 5.41 Å². The molecular weight excluding hydrogens is 270 g/mol. The van der Waals surface area contributed by atoms with Gasteiger partial charge >= 0.3 is 0 Å². The third-order valence-corrected chi connectivity index (χ3v) is 5.32. The average molecular weight is 285 g/mol.